The van der Waals surface area contributed by atoms with Gasteiger partial charge in [0.2, 0.25) is 0 Å². The molecule has 0 amide bonds. The van der Waals surface area contributed by atoms with Crippen molar-refractivity contribution in [1.29, 1.82) is 0 Å². The standard InChI is InChI=1S/C24H33N/c1-7-8-9-14-24(5,6)18-11-13-20-19-12-10-17(23(2,3)4)15-21(19)25-22(20)16-18/h10-13,15-16,25H,7-9,14H2,1-6H3. The molecule has 0 radical (unpaired) electrons. The first kappa shape index (κ1) is 18.0. The molecule has 0 aliphatic heterocycles. The molecule has 1 heteroatoms. The van der Waals surface area contributed by atoms with E-state index in [1.165, 1.54) is 58.6 Å². The summed E-state index contributed by atoms with van der Waals surface area (Å²) < 4.78 is 0. The molecule has 1 N–H and O–H groups in total. The summed E-state index contributed by atoms with van der Waals surface area (Å²) in [7, 11) is 0. The van der Waals surface area contributed by atoms with Crippen molar-refractivity contribution >= 4 is 21.8 Å². The fourth-order valence-electron chi connectivity index (χ4n) is 3.76. The van der Waals surface area contributed by atoms with Crippen LogP contribution < -0.4 is 0 Å². The number of hydrogen-bond donors (Lipinski definition) is 1. The van der Waals surface area contributed by atoms with Crippen LogP contribution in [0.3, 0.4) is 0 Å². The van der Waals surface area contributed by atoms with Gasteiger partial charge in [-0.1, -0.05) is 85.1 Å². The van der Waals surface area contributed by atoms with Crippen LogP contribution >= 0.6 is 0 Å². The van der Waals surface area contributed by atoms with Gasteiger partial charge in [0.25, 0.3) is 0 Å². The predicted molar refractivity (Wildman–Crippen MR) is 112 cm³/mol. The number of benzene rings is 2. The number of nitrogens with one attached hydrogen (secondary N) is 1. The van der Waals surface area contributed by atoms with Gasteiger partial charge in [-0.15, -0.1) is 0 Å². The summed E-state index contributed by atoms with van der Waals surface area (Å²) >= 11 is 0. The molecule has 0 atom stereocenters. The fraction of sp³-hybridized carbons (Fsp3) is 0.500. The molecule has 3 rings (SSSR count). The fourth-order valence-corrected chi connectivity index (χ4v) is 3.76. The second-order valence-corrected chi connectivity index (χ2v) is 9.24. The molecule has 0 bridgehead atoms. The number of rotatable bonds is 5. The zero-order valence-electron chi connectivity index (χ0n) is 16.8. The summed E-state index contributed by atoms with van der Waals surface area (Å²) in [6.07, 6.45) is 5.17. The molecule has 1 aromatic heterocycles. The SMILES string of the molecule is CCCCCC(C)(C)c1ccc2c(c1)[nH]c1cc(C(C)(C)C)ccc12. The van der Waals surface area contributed by atoms with Gasteiger partial charge in [0.1, 0.15) is 0 Å². The van der Waals surface area contributed by atoms with E-state index in [1.54, 1.807) is 0 Å². The van der Waals surface area contributed by atoms with Crippen LogP contribution in [0.4, 0.5) is 0 Å². The quantitative estimate of drug-likeness (QED) is 0.465. The number of hydrogen-bond acceptors (Lipinski definition) is 0. The van der Waals surface area contributed by atoms with Gasteiger partial charge in [0, 0.05) is 21.8 Å². The third-order valence-electron chi connectivity index (χ3n) is 5.65. The number of fused-ring (bicyclic) bond motifs is 3. The lowest BCUT2D eigenvalue weighted by atomic mass is 9.80. The Morgan fingerprint density at radius 1 is 0.760 bits per heavy atom. The Labute approximate surface area is 152 Å². The van der Waals surface area contributed by atoms with Gasteiger partial charge < -0.3 is 4.98 Å². The molecular weight excluding hydrogens is 302 g/mol. The van der Waals surface area contributed by atoms with Crippen molar-refractivity contribution in [3.8, 4) is 0 Å². The van der Waals surface area contributed by atoms with Crippen LogP contribution in [0.25, 0.3) is 21.8 Å². The van der Waals surface area contributed by atoms with E-state index in [9.17, 15) is 0 Å². The molecule has 0 saturated heterocycles. The van der Waals surface area contributed by atoms with E-state index in [4.69, 9.17) is 0 Å². The highest BCUT2D eigenvalue weighted by Gasteiger charge is 2.21. The second-order valence-electron chi connectivity index (χ2n) is 9.24. The normalized spacial score (nSPS) is 13.0. The third-order valence-corrected chi connectivity index (χ3v) is 5.65. The van der Waals surface area contributed by atoms with Crippen molar-refractivity contribution in [2.24, 2.45) is 0 Å². The summed E-state index contributed by atoms with van der Waals surface area (Å²) in [5, 5.41) is 2.67. The molecular formula is C24H33N. The first-order valence-corrected chi connectivity index (χ1v) is 9.79. The zero-order valence-corrected chi connectivity index (χ0v) is 16.8. The highest BCUT2D eigenvalue weighted by Crippen LogP contribution is 2.35. The third kappa shape index (κ3) is 3.61. The Kier molecular flexibility index (Phi) is 4.70. The predicted octanol–water partition coefficient (Wildman–Crippen LogP) is 7.48. The minimum absolute atomic E-state index is 0.178. The Morgan fingerprint density at radius 2 is 1.32 bits per heavy atom. The van der Waals surface area contributed by atoms with E-state index in [1.807, 2.05) is 0 Å². The smallest absolute Gasteiger partial charge is 0.0467 e. The number of H-pyrrole nitrogens is 1. The first-order valence-electron chi connectivity index (χ1n) is 9.79. The summed E-state index contributed by atoms with van der Waals surface area (Å²) in [5.41, 5.74) is 5.76. The van der Waals surface area contributed by atoms with Crippen molar-refractivity contribution in [3.05, 3.63) is 47.5 Å². The molecule has 0 saturated carbocycles. The number of aromatic nitrogens is 1. The van der Waals surface area contributed by atoms with Gasteiger partial charge >= 0.3 is 0 Å². The highest BCUT2D eigenvalue weighted by atomic mass is 14.7. The maximum absolute atomic E-state index is 3.67. The van der Waals surface area contributed by atoms with Crippen LogP contribution in [-0.4, -0.2) is 4.98 Å². The van der Waals surface area contributed by atoms with Gasteiger partial charge in [0.05, 0.1) is 0 Å². The first-order chi connectivity index (χ1) is 11.7. The molecule has 0 aliphatic rings. The molecule has 3 aromatic rings. The van der Waals surface area contributed by atoms with Crippen LogP contribution in [0, 0.1) is 0 Å². The molecule has 134 valence electrons. The van der Waals surface area contributed by atoms with Gasteiger partial charge in [-0.3, -0.25) is 0 Å². The maximum Gasteiger partial charge on any atom is 0.0467 e. The Balaban J connectivity index is 2.01. The van der Waals surface area contributed by atoms with Crippen LogP contribution in [-0.2, 0) is 10.8 Å². The molecule has 0 aliphatic carbocycles. The monoisotopic (exact) mass is 335 g/mol. The molecule has 0 unspecified atom stereocenters. The summed E-state index contributed by atoms with van der Waals surface area (Å²) in [6, 6.07) is 13.9. The van der Waals surface area contributed by atoms with Crippen LogP contribution in [0.1, 0.15) is 78.4 Å². The average molecular weight is 336 g/mol. The van der Waals surface area contributed by atoms with Crippen LogP contribution in [0.2, 0.25) is 0 Å². The number of unbranched alkanes of at least 4 members (excludes halogenated alkanes) is 2. The minimum Gasteiger partial charge on any atom is -0.354 e. The summed E-state index contributed by atoms with van der Waals surface area (Å²) in [5.74, 6) is 0. The minimum atomic E-state index is 0.178. The van der Waals surface area contributed by atoms with Crippen molar-refractivity contribution in [2.75, 3.05) is 0 Å². The van der Waals surface area contributed by atoms with Crippen molar-refractivity contribution in [1.82, 2.24) is 4.98 Å². The highest BCUT2D eigenvalue weighted by molar-refractivity contribution is 6.07. The Hall–Kier alpha value is -1.76. The lowest BCUT2D eigenvalue weighted by Gasteiger charge is -2.25. The van der Waals surface area contributed by atoms with Gasteiger partial charge in [0.15, 0.2) is 0 Å². The molecule has 0 fully saturated rings. The lowest BCUT2D eigenvalue weighted by Crippen LogP contribution is -2.16. The summed E-state index contributed by atoms with van der Waals surface area (Å²) in [4.78, 5) is 3.67. The van der Waals surface area contributed by atoms with Crippen molar-refractivity contribution < 1.29 is 0 Å². The van der Waals surface area contributed by atoms with E-state index in [0.29, 0.717) is 0 Å². The molecule has 2 aromatic carbocycles. The zero-order chi connectivity index (χ0) is 18.2. The number of aromatic amines is 1. The summed E-state index contributed by atoms with van der Waals surface area (Å²) in [6.45, 7) is 13.8. The lowest BCUT2D eigenvalue weighted by molar-refractivity contribution is 0.450. The Bertz CT molecular complexity index is 874. The van der Waals surface area contributed by atoms with Crippen molar-refractivity contribution in [3.63, 3.8) is 0 Å². The molecule has 25 heavy (non-hydrogen) atoms. The molecule has 1 nitrogen and oxygen atoms in total. The largest absolute Gasteiger partial charge is 0.354 e. The van der Waals surface area contributed by atoms with Gasteiger partial charge in [-0.25, -0.2) is 0 Å². The Morgan fingerprint density at radius 3 is 1.88 bits per heavy atom. The van der Waals surface area contributed by atoms with E-state index < -0.39 is 0 Å². The second kappa shape index (κ2) is 6.52. The van der Waals surface area contributed by atoms with Crippen LogP contribution in [0.15, 0.2) is 36.4 Å². The topological polar surface area (TPSA) is 15.8 Å². The van der Waals surface area contributed by atoms with E-state index >= 15 is 0 Å². The van der Waals surface area contributed by atoms with Crippen LogP contribution in [0.5, 0.6) is 0 Å². The molecule has 0 spiro atoms. The molecule has 1 heterocycles. The van der Waals surface area contributed by atoms with Gasteiger partial charge in [-0.2, -0.15) is 0 Å². The van der Waals surface area contributed by atoms with E-state index in [2.05, 4.69) is 82.9 Å². The van der Waals surface area contributed by atoms with E-state index in [-0.39, 0.29) is 10.8 Å². The van der Waals surface area contributed by atoms with E-state index in [0.717, 1.165) is 0 Å². The van der Waals surface area contributed by atoms with Crippen molar-refractivity contribution in [2.45, 2.75) is 78.1 Å². The van der Waals surface area contributed by atoms with Gasteiger partial charge in [-0.05, 0) is 40.5 Å². The maximum atomic E-state index is 3.67. The average Bonchev–Trinajstić information content (AvgIpc) is 2.91.